The van der Waals surface area contributed by atoms with Crippen LogP contribution in [-0.2, 0) is 4.79 Å². The van der Waals surface area contributed by atoms with E-state index in [0.29, 0.717) is 22.6 Å². The van der Waals surface area contributed by atoms with Crippen LogP contribution in [0.5, 0.6) is 5.75 Å². The van der Waals surface area contributed by atoms with Gasteiger partial charge in [0.1, 0.15) is 29.0 Å². The van der Waals surface area contributed by atoms with Gasteiger partial charge in [0.15, 0.2) is 6.61 Å². The lowest BCUT2D eigenvalue weighted by Crippen LogP contribution is -2.09. The summed E-state index contributed by atoms with van der Waals surface area (Å²) in [4.78, 5) is 11.8. The van der Waals surface area contributed by atoms with E-state index in [1.54, 1.807) is 42.1 Å². The second-order valence-electron chi connectivity index (χ2n) is 9.94. The molecule has 0 aromatic heterocycles. The molecule has 5 aromatic rings. The Labute approximate surface area is 256 Å². The van der Waals surface area contributed by atoms with Crippen LogP contribution in [0, 0.1) is 30.2 Å². The number of halogens is 4. The fourth-order valence-electron chi connectivity index (χ4n) is 4.74. The molecule has 0 aliphatic carbocycles. The molecule has 0 amide bonds. The molecule has 8 heteroatoms. The van der Waals surface area contributed by atoms with E-state index in [-0.39, 0.29) is 11.1 Å². The molecule has 0 fully saturated rings. The summed E-state index contributed by atoms with van der Waals surface area (Å²) in [5, 5.41) is 8.87. The Hall–Kier alpha value is -4.82. The Balaban J connectivity index is 1.43. The molecule has 0 aliphatic rings. The second-order valence-corrected chi connectivity index (χ2v) is 11.0. The fourth-order valence-corrected chi connectivity index (χ4v) is 5.61. The Bertz CT molecular complexity index is 1740. The van der Waals surface area contributed by atoms with Crippen molar-refractivity contribution >= 4 is 23.3 Å². The van der Waals surface area contributed by atoms with Gasteiger partial charge in [-0.1, -0.05) is 54.6 Å². The molecule has 3 nitrogen and oxygen atoms in total. The highest BCUT2D eigenvalue weighted by atomic mass is 32.2. The standard InChI is InChI=1S/C36H26F4O3S/c1-22-18-29(12-15-35(22)43-21-36(41)42)44-17-16-30(23-2-6-25(7-3-23)31-13-10-27(37)19-33(31)39)24-4-8-26(9-5-24)32-14-11-28(38)20-34(32)40/h2-16,18-20H,17,21H2,1H3,(H,41,42). The maximum absolute atomic E-state index is 14.4. The minimum atomic E-state index is -1.05. The van der Waals surface area contributed by atoms with E-state index in [9.17, 15) is 22.4 Å². The summed E-state index contributed by atoms with van der Waals surface area (Å²) in [5.74, 6) is -2.56. The van der Waals surface area contributed by atoms with Crippen molar-refractivity contribution in [3.63, 3.8) is 0 Å². The molecule has 5 rings (SSSR count). The topological polar surface area (TPSA) is 46.5 Å². The third-order valence-electron chi connectivity index (χ3n) is 6.91. The number of carboxylic acids is 1. The quantitative estimate of drug-likeness (QED) is 0.126. The van der Waals surface area contributed by atoms with Gasteiger partial charge in [0.2, 0.25) is 0 Å². The lowest BCUT2D eigenvalue weighted by atomic mass is 9.94. The largest absolute Gasteiger partial charge is 0.482 e. The summed E-state index contributed by atoms with van der Waals surface area (Å²) in [7, 11) is 0. The fraction of sp³-hybridized carbons (Fsp3) is 0.0833. The number of benzene rings is 5. The number of aliphatic carboxylic acids is 1. The normalized spacial score (nSPS) is 10.8. The zero-order valence-electron chi connectivity index (χ0n) is 23.5. The van der Waals surface area contributed by atoms with Gasteiger partial charge in [0.25, 0.3) is 0 Å². The molecule has 0 unspecified atom stereocenters. The molecule has 0 spiro atoms. The molecule has 0 saturated carbocycles. The highest BCUT2D eigenvalue weighted by Gasteiger charge is 2.12. The van der Waals surface area contributed by atoms with Gasteiger partial charge in [-0.05, 0) is 82.8 Å². The van der Waals surface area contributed by atoms with Crippen LogP contribution in [0.1, 0.15) is 16.7 Å². The zero-order chi connectivity index (χ0) is 31.2. The Morgan fingerprint density at radius 1 is 0.727 bits per heavy atom. The maximum atomic E-state index is 14.4. The number of aryl methyl sites for hydroxylation is 1. The average molecular weight is 615 g/mol. The first-order chi connectivity index (χ1) is 21.2. The van der Waals surface area contributed by atoms with Crippen molar-refractivity contribution < 1.29 is 32.2 Å². The monoisotopic (exact) mass is 614 g/mol. The number of carboxylic acid groups (broad SMARTS) is 1. The van der Waals surface area contributed by atoms with E-state index in [2.05, 4.69) is 6.08 Å². The summed E-state index contributed by atoms with van der Waals surface area (Å²) in [5.41, 5.74) is 5.18. The van der Waals surface area contributed by atoms with Crippen molar-refractivity contribution in [3.05, 3.63) is 149 Å². The van der Waals surface area contributed by atoms with E-state index in [1.807, 2.05) is 43.3 Å². The Morgan fingerprint density at radius 2 is 1.25 bits per heavy atom. The van der Waals surface area contributed by atoms with Crippen LogP contribution in [-0.4, -0.2) is 23.4 Å². The minimum absolute atomic E-state index is 0.288. The maximum Gasteiger partial charge on any atom is 0.341 e. The highest BCUT2D eigenvalue weighted by Crippen LogP contribution is 2.32. The van der Waals surface area contributed by atoms with E-state index in [4.69, 9.17) is 9.84 Å². The van der Waals surface area contributed by atoms with Crippen LogP contribution in [0.3, 0.4) is 0 Å². The molecule has 0 radical (unpaired) electrons. The van der Waals surface area contributed by atoms with Crippen LogP contribution < -0.4 is 4.74 Å². The number of carbonyl (C=O) groups is 1. The van der Waals surface area contributed by atoms with Crippen molar-refractivity contribution in [1.82, 2.24) is 0 Å². The van der Waals surface area contributed by atoms with Gasteiger partial charge in [-0.2, -0.15) is 0 Å². The van der Waals surface area contributed by atoms with Crippen LogP contribution in [0.15, 0.2) is 114 Å². The van der Waals surface area contributed by atoms with Crippen molar-refractivity contribution in [3.8, 4) is 28.0 Å². The molecule has 0 heterocycles. The van der Waals surface area contributed by atoms with Crippen LogP contribution >= 0.6 is 11.8 Å². The first kappa shape index (κ1) is 30.6. The lowest BCUT2D eigenvalue weighted by molar-refractivity contribution is -0.139. The first-order valence-corrected chi connectivity index (χ1v) is 14.6. The molecular weight excluding hydrogens is 588 g/mol. The van der Waals surface area contributed by atoms with Gasteiger partial charge >= 0.3 is 5.97 Å². The van der Waals surface area contributed by atoms with Gasteiger partial charge in [-0.25, -0.2) is 22.4 Å². The average Bonchev–Trinajstić information content (AvgIpc) is 2.99. The smallest absolute Gasteiger partial charge is 0.341 e. The zero-order valence-corrected chi connectivity index (χ0v) is 24.3. The summed E-state index contributed by atoms with van der Waals surface area (Å²) >= 11 is 1.57. The predicted octanol–water partition coefficient (Wildman–Crippen LogP) is 9.57. The van der Waals surface area contributed by atoms with E-state index in [1.165, 1.54) is 24.3 Å². The summed E-state index contributed by atoms with van der Waals surface area (Å²) in [6.07, 6.45) is 2.05. The molecule has 0 atom stereocenters. The van der Waals surface area contributed by atoms with Crippen LogP contribution in [0.2, 0.25) is 0 Å². The third-order valence-corrected chi connectivity index (χ3v) is 7.83. The molecule has 0 aliphatic heterocycles. The third kappa shape index (κ3) is 7.38. The Morgan fingerprint density at radius 3 is 1.70 bits per heavy atom. The Kier molecular flexibility index (Phi) is 9.50. The van der Waals surface area contributed by atoms with Crippen molar-refractivity contribution in [2.75, 3.05) is 12.4 Å². The van der Waals surface area contributed by atoms with Gasteiger partial charge in [-0.3, -0.25) is 0 Å². The predicted molar refractivity (Wildman–Crippen MR) is 166 cm³/mol. The minimum Gasteiger partial charge on any atom is -0.482 e. The van der Waals surface area contributed by atoms with E-state index in [0.717, 1.165) is 39.3 Å². The molecule has 0 bridgehead atoms. The molecule has 44 heavy (non-hydrogen) atoms. The number of thioether (sulfide) groups is 1. The molecule has 0 saturated heterocycles. The number of rotatable bonds is 10. The van der Waals surface area contributed by atoms with Gasteiger partial charge in [0, 0.05) is 33.9 Å². The lowest BCUT2D eigenvalue weighted by Gasteiger charge is -2.13. The van der Waals surface area contributed by atoms with Crippen molar-refractivity contribution in [2.24, 2.45) is 0 Å². The molecule has 5 aromatic carbocycles. The second kappa shape index (κ2) is 13.7. The molecule has 1 N–H and O–H groups in total. The summed E-state index contributed by atoms with van der Waals surface area (Å²) < 4.78 is 61.0. The number of hydrogen-bond acceptors (Lipinski definition) is 3. The molecule has 222 valence electrons. The van der Waals surface area contributed by atoms with E-state index >= 15 is 0 Å². The first-order valence-electron chi connectivity index (χ1n) is 13.6. The molecular formula is C36H26F4O3S. The highest BCUT2D eigenvalue weighted by molar-refractivity contribution is 7.99. The van der Waals surface area contributed by atoms with Crippen molar-refractivity contribution in [1.29, 1.82) is 0 Å². The summed E-state index contributed by atoms with van der Waals surface area (Å²) in [6, 6.07) is 27.0. The SMILES string of the molecule is Cc1cc(SCC=C(c2ccc(-c3ccc(F)cc3F)cc2)c2ccc(-c3ccc(F)cc3F)cc2)ccc1OCC(=O)O. The van der Waals surface area contributed by atoms with Crippen molar-refractivity contribution in [2.45, 2.75) is 11.8 Å². The number of hydrogen-bond donors (Lipinski definition) is 1. The van der Waals surface area contributed by atoms with Crippen LogP contribution in [0.4, 0.5) is 17.6 Å². The van der Waals surface area contributed by atoms with Gasteiger partial charge < -0.3 is 9.84 Å². The summed E-state index contributed by atoms with van der Waals surface area (Å²) in [6.45, 7) is 1.43. The van der Waals surface area contributed by atoms with Crippen LogP contribution in [0.25, 0.3) is 27.8 Å². The van der Waals surface area contributed by atoms with Gasteiger partial charge in [0.05, 0.1) is 0 Å². The number of ether oxygens (including phenoxy) is 1. The van der Waals surface area contributed by atoms with E-state index < -0.39 is 35.8 Å². The van der Waals surface area contributed by atoms with Gasteiger partial charge in [-0.15, -0.1) is 11.8 Å².